The third-order valence-electron chi connectivity index (χ3n) is 3.20. The Bertz CT molecular complexity index is 645. The molecule has 1 N–H and O–H groups in total. The topological polar surface area (TPSA) is 24.9 Å². The Kier molecular flexibility index (Phi) is 3.56. The second-order valence-corrected chi connectivity index (χ2v) is 6.62. The van der Waals surface area contributed by atoms with Crippen LogP contribution in [0.3, 0.4) is 0 Å². The third-order valence-corrected chi connectivity index (χ3v) is 3.78. The second kappa shape index (κ2) is 4.75. The first-order valence-electron chi connectivity index (χ1n) is 6.23. The molecule has 2 rings (SSSR count). The number of pyridine rings is 1. The maximum Gasteiger partial charge on any atom is 0.148 e. The Morgan fingerprint density at radius 3 is 2.42 bits per heavy atom. The molecule has 2 nitrogen and oxygen atoms in total. The summed E-state index contributed by atoms with van der Waals surface area (Å²) < 4.78 is 14.8. The number of nitrogens with one attached hydrogen (secondary N) is 1. The van der Waals surface area contributed by atoms with E-state index in [0.29, 0.717) is 9.86 Å². The van der Waals surface area contributed by atoms with Crippen LogP contribution in [0.25, 0.3) is 10.9 Å². The molecule has 0 aliphatic heterocycles. The highest BCUT2D eigenvalue weighted by atomic mass is 79.9. The van der Waals surface area contributed by atoms with Crippen molar-refractivity contribution in [2.45, 2.75) is 33.1 Å². The van der Waals surface area contributed by atoms with E-state index < -0.39 is 0 Å². The zero-order chi connectivity index (χ0) is 14.4. The van der Waals surface area contributed by atoms with Crippen molar-refractivity contribution in [3.05, 3.63) is 33.7 Å². The van der Waals surface area contributed by atoms with Crippen molar-refractivity contribution < 1.29 is 4.39 Å². The van der Waals surface area contributed by atoms with Crippen LogP contribution in [-0.2, 0) is 5.41 Å². The van der Waals surface area contributed by atoms with Crippen LogP contribution in [0, 0.1) is 12.7 Å². The van der Waals surface area contributed by atoms with Gasteiger partial charge < -0.3 is 5.32 Å². The number of halogens is 2. The van der Waals surface area contributed by atoms with E-state index in [0.717, 1.165) is 22.5 Å². The molecular weight excluding hydrogens is 307 g/mol. The van der Waals surface area contributed by atoms with E-state index >= 15 is 0 Å². The van der Waals surface area contributed by atoms with E-state index in [1.54, 1.807) is 13.1 Å². The lowest BCUT2D eigenvalue weighted by atomic mass is 9.90. The molecule has 0 radical (unpaired) electrons. The van der Waals surface area contributed by atoms with Gasteiger partial charge in [0, 0.05) is 23.8 Å². The van der Waals surface area contributed by atoms with E-state index in [2.05, 4.69) is 47.0 Å². The van der Waals surface area contributed by atoms with Gasteiger partial charge >= 0.3 is 0 Å². The minimum atomic E-state index is -0.266. The molecular formula is C15H18BrFN2. The van der Waals surface area contributed by atoms with Crippen LogP contribution < -0.4 is 5.32 Å². The van der Waals surface area contributed by atoms with Crippen molar-refractivity contribution in [1.29, 1.82) is 0 Å². The van der Waals surface area contributed by atoms with Gasteiger partial charge in [0.15, 0.2) is 0 Å². The molecule has 0 saturated carbocycles. The second-order valence-electron chi connectivity index (χ2n) is 5.77. The summed E-state index contributed by atoms with van der Waals surface area (Å²) in [6.45, 7) is 8.26. The first-order chi connectivity index (χ1) is 8.75. The fourth-order valence-corrected chi connectivity index (χ4v) is 2.62. The number of hydrogen-bond acceptors (Lipinski definition) is 2. The molecule has 0 aliphatic rings. The molecule has 0 amide bonds. The van der Waals surface area contributed by atoms with Crippen LogP contribution in [0.5, 0.6) is 0 Å². The van der Waals surface area contributed by atoms with Gasteiger partial charge in [0.1, 0.15) is 5.82 Å². The van der Waals surface area contributed by atoms with Gasteiger partial charge in [-0.15, -0.1) is 0 Å². The first-order valence-corrected chi connectivity index (χ1v) is 7.02. The van der Waals surface area contributed by atoms with Gasteiger partial charge in [-0.1, -0.05) is 20.8 Å². The first kappa shape index (κ1) is 14.3. The molecule has 102 valence electrons. The van der Waals surface area contributed by atoms with E-state index in [4.69, 9.17) is 0 Å². The van der Waals surface area contributed by atoms with Crippen molar-refractivity contribution in [3.8, 4) is 0 Å². The maximum atomic E-state index is 14.3. The van der Waals surface area contributed by atoms with Crippen LogP contribution in [0.1, 0.15) is 32.0 Å². The maximum absolute atomic E-state index is 14.3. The Balaban J connectivity index is 2.93. The minimum Gasteiger partial charge on any atom is -0.387 e. The number of hydrogen-bond donors (Lipinski definition) is 1. The lowest BCUT2D eigenvalue weighted by Crippen LogP contribution is -2.14. The molecule has 2 aromatic rings. The molecule has 0 saturated heterocycles. The van der Waals surface area contributed by atoms with Gasteiger partial charge in [-0.25, -0.2) is 4.39 Å². The van der Waals surface area contributed by atoms with Gasteiger partial charge in [0.2, 0.25) is 0 Å². The number of nitrogens with zero attached hydrogens (tertiary/aromatic N) is 1. The Morgan fingerprint density at radius 1 is 1.26 bits per heavy atom. The summed E-state index contributed by atoms with van der Waals surface area (Å²) in [7, 11) is 1.80. The van der Waals surface area contributed by atoms with E-state index in [-0.39, 0.29) is 11.2 Å². The summed E-state index contributed by atoms with van der Waals surface area (Å²) >= 11 is 3.26. The van der Waals surface area contributed by atoms with Crippen LogP contribution in [0.4, 0.5) is 10.1 Å². The quantitative estimate of drug-likeness (QED) is 0.816. The van der Waals surface area contributed by atoms with Crippen molar-refractivity contribution in [3.63, 3.8) is 0 Å². The Morgan fingerprint density at radius 2 is 1.89 bits per heavy atom. The summed E-state index contributed by atoms with van der Waals surface area (Å²) in [4.78, 5) is 4.66. The largest absolute Gasteiger partial charge is 0.387 e. The normalized spacial score (nSPS) is 11.9. The van der Waals surface area contributed by atoms with Crippen LogP contribution in [0.15, 0.2) is 16.6 Å². The van der Waals surface area contributed by atoms with Crippen molar-refractivity contribution in [2.75, 3.05) is 12.4 Å². The molecule has 19 heavy (non-hydrogen) atoms. The van der Waals surface area contributed by atoms with Crippen LogP contribution in [0.2, 0.25) is 0 Å². The molecule has 0 unspecified atom stereocenters. The van der Waals surface area contributed by atoms with Crippen molar-refractivity contribution in [1.82, 2.24) is 4.98 Å². The average Bonchev–Trinajstić information content (AvgIpc) is 2.33. The Labute approximate surface area is 121 Å². The van der Waals surface area contributed by atoms with Gasteiger partial charge in [-0.3, -0.25) is 4.98 Å². The number of aromatic nitrogens is 1. The molecule has 1 aromatic heterocycles. The average molecular weight is 325 g/mol. The monoisotopic (exact) mass is 324 g/mol. The molecule has 0 bridgehead atoms. The van der Waals surface area contributed by atoms with E-state index in [1.165, 1.54) is 0 Å². The van der Waals surface area contributed by atoms with Crippen LogP contribution in [-0.4, -0.2) is 12.0 Å². The molecule has 0 fully saturated rings. The number of anilines is 1. The SMILES string of the molecule is CNc1cc(C(C)(C)C)nc2c(C)cc(Br)c(F)c12. The summed E-state index contributed by atoms with van der Waals surface area (Å²) in [6, 6.07) is 3.70. The summed E-state index contributed by atoms with van der Waals surface area (Å²) in [5.41, 5.74) is 3.34. The highest BCUT2D eigenvalue weighted by molar-refractivity contribution is 9.10. The molecule has 0 aliphatic carbocycles. The number of aryl methyl sites for hydroxylation is 1. The standard InChI is InChI=1S/C15H18BrFN2/c1-8-6-9(16)13(17)12-10(18-5)7-11(15(2,3)4)19-14(8)12/h6-7H,1-5H3,(H,18,19). The molecule has 4 heteroatoms. The fraction of sp³-hybridized carbons (Fsp3) is 0.400. The van der Waals surface area contributed by atoms with E-state index in [9.17, 15) is 4.39 Å². The number of rotatable bonds is 1. The predicted octanol–water partition coefficient (Wildman–Crippen LogP) is 4.78. The predicted molar refractivity (Wildman–Crippen MR) is 82.4 cm³/mol. The van der Waals surface area contributed by atoms with Crippen LogP contribution >= 0.6 is 15.9 Å². The zero-order valence-corrected chi connectivity index (χ0v) is 13.4. The lowest BCUT2D eigenvalue weighted by molar-refractivity contribution is 0.571. The minimum absolute atomic E-state index is 0.0736. The van der Waals surface area contributed by atoms with Crippen molar-refractivity contribution >= 4 is 32.5 Å². The number of benzene rings is 1. The van der Waals surface area contributed by atoms with Gasteiger partial charge in [-0.2, -0.15) is 0 Å². The molecule has 1 aromatic carbocycles. The smallest absolute Gasteiger partial charge is 0.148 e. The van der Waals surface area contributed by atoms with Gasteiger partial charge in [-0.05, 0) is 40.5 Å². The molecule has 0 atom stereocenters. The Hall–Kier alpha value is -1.16. The van der Waals surface area contributed by atoms with Gasteiger partial charge in [0.05, 0.1) is 15.4 Å². The fourth-order valence-electron chi connectivity index (χ4n) is 2.08. The van der Waals surface area contributed by atoms with E-state index in [1.807, 2.05) is 13.0 Å². The van der Waals surface area contributed by atoms with Gasteiger partial charge in [0.25, 0.3) is 0 Å². The summed E-state index contributed by atoms with van der Waals surface area (Å²) in [6.07, 6.45) is 0. The number of fused-ring (bicyclic) bond motifs is 1. The highest BCUT2D eigenvalue weighted by Crippen LogP contribution is 2.35. The highest BCUT2D eigenvalue weighted by Gasteiger charge is 2.20. The van der Waals surface area contributed by atoms with Crippen molar-refractivity contribution in [2.24, 2.45) is 0 Å². The summed E-state index contributed by atoms with van der Waals surface area (Å²) in [5.74, 6) is -0.266. The zero-order valence-electron chi connectivity index (χ0n) is 11.9. The lowest BCUT2D eigenvalue weighted by Gasteiger charge is -2.21. The third kappa shape index (κ3) is 2.46. The molecule has 1 heterocycles. The summed E-state index contributed by atoms with van der Waals surface area (Å²) in [5, 5.41) is 3.62. The molecule has 0 spiro atoms.